The van der Waals surface area contributed by atoms with Gasteiger partial charge in [0.25, 0.3) is 0 Å². The SMILES string of the molecule is c1ccc2c(c1)-c1ccccc1C21c2ccccc2-c2cc3c(cc21)oc1ccc(-c2ccc4c(c2)sc2ccccc24)cc13. The van der Waals surface area contributed by atoms with Crippen molar-refractivity contribution in [1.82, 2.24) is 0 Å². The Bertz CT molecular complexity index is 2670. The van der Waals surface area contributed by atoms with Crippen LogP contribution < -0.4 is 0 Å². The number of thiophene rings is 1. The zero-order valence-corrected chi connectivity index (χ0v) is 25.0. The van der Waals surface area contributed by atoms with Crippen molar-refractivity contribution in [1.29, 1.82) is 0 Å². The quantitative estimate of drug-likeness (QED) is 0.186. The van der Waals surface area contributed by atoms with E-state index in [2.05, 4.69) is 146 Å². The maximum absolute atomic E-state index is 6.66. The molecule has 0 aliphatic heterocycles. The topological polar surface area (TPSA) is 13.1 Å². The number of rotatable bonds is 1. The Morgan fingerprint density at radius 2 is 0.956 bits per heavy atom. The van der Waals surface area contributed by atoms with Gasteiger partial charge in [-0.25, -0.2) is 0 Å². The monoisotopic (exact) mass is 588 g/mol. The smallest absolute Gasteiger partial charge is 0.135 e. The van der Waals surface area contributed by atoms with Crippen LogP contribution >= 0.6 is 11.3 Å². The molecule has 0 atom stereocenters. The van der Waals surface area contributed by atoms with Crippen molar-refractivity contribution in [3.63, 3.8) is 0 Å². The van der Waals surface area contributed by atoms with Crippen molar-refractivity contribution in [2.75, 3.05) is 0 Å². The van der Waals surface area contributed by atoms with Crippen LogP contribution in [-0.2, 0) is 5.41 Å². The number of furan rings is 1. The summed E-state index contributed by atoms with van der Waals surface area (Å²) in [6.45, 7) is 0. The average Bonchev–Trinajstić information content (AvgIpc) is 3.81. The molecule has 0 fully saturated rings. The van der Waals surface area contributed by atoms with Gasteiger partial charge in [-0.3, -0.25) is 0 Å². The van der Waals surface area contributed by atoms with Crippen LogP contribution in [0.25, 0.3) is 75.5 Å². The molecule has 2 aromatic heterocycles. The van der Waals surface area contributed by atoms with Crippen LogP contribution in [0.15, 0.2) is 150 Å². The molecule has 0 N–H and O–H groups in total. The van der Waals surface area contributed by atoms with Gasteiger partial charge in [0.2, 0.25) is 0 Å². The number of hydrogen-bond acceptors (Lipinski definition) is 2. The predicted molar refractivity (Wildman–Crippen MR) is 188 cm³/mol. The summed E-state index contributed by atoms with van der Waals surface area (Å²) in [7, 11) is 0. The molecule has 1 spiro atoms. The first-order valence-corrected chi connectivity index (χ1v) is 16.3. The van der Waals surface area contributed by atoms with E-state index >= 15 is 0 Å². The minimum absolute atomic E-state index is 0.364. The molecule has 0 amide bonds. The van der Waals surface area contributed by atoms with Crippen molar-refractivity contribution in [3.05, 3.63) is 168 Å². The van der Waals surface area contributed by atoms with E-state index in [0.717, 1.165) is 16.6 Å². The molecule has 0 radical (unpaired) electrons. The van der Waals surface area contributed by atoms with Gasteiger partial charge >= 0.3 is 0 Å². The molecule has 2 aliphatic rings. The van der Waals surface area contributed by atoms with Crippen LogP contribution in [0.5, 0.6) is 0 Å². The van der Waals surface area contributed by atoms with Crippen molar-refractivity contribution in [2.45, 2.75) is 5.41 Å². The third-order valence-electron chi connectivity index (χ3n) is 10.3. The zero-order valence-electron chi connectivity index (χ0n) is 24.2. The molecule has 0 saturated heterocycles. The second-order valence-corrected chi connectivity index (χ2v) is 13.5. The maximum Gasteiger partial charge on any atom is 0.135 e. The number of fused-ring (bicyclic) bond motifs is 16. The molecule has 0 unspecified atom stereocenters. The second-order valence-electron chi connectivity index (χ2n) is 12.4. The first-order chi connectivity index (χ1) is 22.3. The van der Waals surface area contributed by atoms with Gasteiger partial charge < -0.3 is 4.42 Å². The highest BCUT2D eigenvalue weighted by atomic mass is 32.1. The third kappa shape index (κ3) is 2.93. The summed E-state index contributed by atoms with van der Waals surface area (Å²) < 4.78 is 9.31. The second kappa shape index (κ2) is 8.38. The number of hydrogen-bond donors (Lipinski definition) is 0. The lowest BCUT2D eigenvalue weighted by Gasteiger charge is -2.30. The first-order valence-electron chi connectivity index (χ1n) is 15.5. The van der Waals surface area contributed by atoms with E-state index in [1.807, 2.05) is 11.3 Å². The highest BCUT2D eigenvalue weighted by molar-refractivity contribution is 7.25. The summed E-state index contributed by atoms with van der Waals surface area (Å²) in [5.74, 6) is 0. The first kappa shape index (κ1) is 23.9. The van der Waals surface area contributed by atoms with Gasteiger partial charge in [-0.1, -0.05) is 109 Å². The van der Waals surface area contributed by atoms with Crippen molar-refractivity contribution in [2.24, 2.45) is 0 Å². The van der Waals surface area contributed by atoms with Gasteiger partial charge in [0.1, 0.15) is 11.2 Å². The maximum atomic E-state index is 6.66. The van der Waals surface area contributed by atoms with Gasteiger partial charge in [-0.2, -0.15) is 0 Å². The van der Waals surface area contributed by atoms with E-state index in [-0.39, 0.29) is 5.41 Å². The lowest BCUT2D eigenvalue weighted by molar-refractivity contribution is 0.666. The minimum Gasteiger partial charge on any atom is -0.456 e. The molecule has 11 rings (SSSR count). The highest BCUT2D eigenvalue weighted by Gasteiger charge is 2.51. The molecule has 45 heavy (non-hydrogen) atoms. The molecular weight excluding hydrogens is 565 g/mol. The Morgan fingerprint density at radius 3 is 1.71 bits per heavy atom. The van der Waals surface area contributed by atoms with E-state index in [9.17, 15) is 0 Å². The predicted octanol–water partition coefficient (Wildman–Crippen LogP) is 12.0. The standard InChI is InChI=1S/C43H24OS/c1-5-13-35-27(9-1)28-10-2-6-14-36(28)43(35)37-15-7-3-11-29(37)32-23-34-33-21-25(18-20-39(33)44-40(34)24-38(32)43)26-17-19-31-30-12-4-8-16-41(30)45-42(31)22-26/h1-24H. The van der Waals surface area contributed by atoms with Crippen molar-refractivity contribution < 1.29 is 4.42 Å². The summed E-state index contributed by atoms with van der Waals surface area (Å²) in [5.41, 5.74) is 14.6. The minimum atomic E-state index is -0.364. The fourth-order valence-corrected chi connectivity index (χ4v) is 9.59. The zero-order chi connectivity index (χ0) is 29.3. The fraction of sp³-hybridized carbons (Fsp3) is 0.0233. The van der Waals surface area contributed by atoms with Crippen molar-refractivity contribution in [3.8, 4) is 33.4 Å². The van der Waals surface area contributed by atoms with Crippen LogP contribution in [0, 0.1) is 0 Å². The average molecular weight is 589 g/mol. The summed E-state index contributed by atoms with van der Waals surface area (Å²) in [6.07, 6.45) is 0. The Labute approximate surface area is 263 Å². The lowest BCUT2D eigenvalue weighted by Crippen LogP contribution is -2.25. The van der Waals surface area contributed by atoms with E-state index in [4.69, 9.17) is 4.42 Å². The lowest BCUT2D eigenvalue weighted by atomic mass is 9.70. The largest absolute Gasteiger partial charge is 0.456 e. The third-order valence-corrected chi connectivity index (χ3v) is 11.4. The van der Waals surface area contributed by atoms with Gasteiger partial charge in [-0.15, -0.1) is 11.3 Å². The highest BCUT2D eigenvalue weighted by Crippen LogP contribution is 2.63. The Balaban J connectivity index is 1.16. The molecule has 2 heterocycles. The summed E-state index contributed by atoms with van der Waals surface area (Å²) in [4.78, 5) is 0. The molecule has 7 aromatic carbocycles. The molecule has 0 saturated carbocycles. The summed E-state index contributed by atoms with van der Waals surface area (Å²) in [5, 5.41) is 4.99. The van der Waals surface area contributed by atoms with Crippen LogP contribution in [0.4, 0.5) is 0 Å². The van der Waals surface area contributed by atoms with E-state index in [0.29, 0.717) is 0 Å². The Kier molecular flexibility index (Phi) is 4.46. The van der Waals surface area contributed by atoms with Gasteiger partial charge in [0.05, 0.1) is 5.41 Å². The molecule has 1 nitrogen and oxygen atoms in total. The summed E-state index contributed by atoms with van der Waals surface area (Å²) >= 11 is 1.87. The van der Waals surface area contributed by atoms with Crippen LogP contribution in [0.2, 0.25) is 0 Å². The van der Waals surface area contributed by atoms with E-state index < -0.39 is 0 Å². The molecule has 2 aliphatic carbocycles. The van der Waals surface area contributed by atoms with E-state index in [1.165, 1.54) is 81.2 Å². The molecule has 0 bridgehead atoms. The van der Waals surface area contributed by atoms with Crippen molar-refractivity contribution >= 4 is 53.4 Å². The van der Waals surface area contributed by atoms with Crippen LogP contribution in [0.1, 0.15) is 22.3 Å². The normalized spacial score (nSPS) is 14.0. The van der Waals surface area contributed by atoms with Gasteiger partial charge in [0.15, 0.2) is 0 Å². The van der Waals surface area contributed by atoms with Gasteiger partial charge in [-0.05, 0) is 92.0 Å². The summed E-state index contributed by atoms with van der Waals surface area (Å²) in [6, 6.07) is 53.9. The van der Waals surface area contributed by atoms with E-state index in [1.54, 1.807) is 0 Å². The molecule has 9 aromatic rings. The number of benzene rings is 7. The van der Waals surface area contributed by atoms with Crippen LogP contribution in [0.3, 0.4) is 0 Å². The molecule has 2 heteroatoms. The molecular formula is C43H24OS. The van der Waals surface area contributed by atoms with Crippen LogP contribution in [-0.4, -0.2) is 0 Å². The Morgan fingerprint density at radius 1 is 0.378 bits per heavy atom. The molecule has 208 valence electrons. The van der Waals surface area contributed by atoms with Gasteiger partial charge in [0, 0.05) is 30.9 Å². The fourth-order valence-electron chi connectivity index (χ4n) is 8.45. The Hall–Kier alpha value is -5.44.